The van der Waals surface area contributed by atoms with E-state index in [2.05, 4.69) is 20.6 Å². The summed E-state index contributed by atoms with van der Waals surface area (Å²) < 4.78 is 5.85. The topological polar surface area (TPSA) is 59.1 Å². The van der Waals surface area contributed by atoms with Crippen LogP contribution in [0, 0.1) is 0 Å². The van der Waals surface area contributed by atoms with Gasteiger partial charge in [-0.15, -0.1) is 11.8 Å². The molecule has 1 aliphatic heterocycles. The lowest BCUT2D eigenvalue weighted by atomic mass is 10.1. The number of piperidine rings is 1. The summed E-state index contributed by atoms with van der Waals surface area (Å²) >= 11 is 1.62. The summed E-state index contributed by atoms with van der Waals surface area (Å²) in [6, 6.07) is 1.97. The molecule has 1 aromatic heterocycles. The molecule has 1 aromatic rings. The summed E-state index contributed by atoms with van der Waals surface area (Å²) in [5.74, 6) is 0.890. The van der Waals surface area contributed by atoms with E-state index in [-0.39, 0.29) is 0 Å². The summed E-state index contributed by atoms with van der Waals surface area (Å²) in [5, 5.41) is 7.63. The Morgan fingerprint density at radius 3 is 3.05 bits per heavy atom. The van der Waals surface area contributed by atoms with Crippen molar-refractivity contribution in [2.45, 2.75) is 30.4 Å². The molecule has 6 heteroatoms. The van der Waals surface area contributed by atoms with Crippen molar-refractivity contribution in [3.05, 3.63) is 12.4 Å². The number of hydrogen-bond donors (Lipinski definition) is 2. The van der Waals surface area contributed by atoms with E-state index in [0.29, 0.717) is 6.10 Å². The van der Waals surface area contributed by atoms with Crippen LogP contribution < -0.4 is 10.6 Å². The van der Waals surface area contributed by atoms with Gasteiger partial charge in [0.2, 0.25) is 0 Å². The molecule has 1 saturated heterocycles. The van der Waals surface area contributed by atoms with Crippen LogP contribution in [0.2, 0.25) is 0 Å². The zero-order chi connectivity index (χ0) is 13.3. The molecule has 0 unspecified atom stereocenters. The SMILES string of the molecule is CSc1cc(NCCCOC2CCNCC2)ncn1. The molecule has 0 aliphatic carbocycles. The molecule has 0 bridgehead atoms. The number of ether oxygens (including phenoxy) is 1. The Morgan fingerprint density at radius 1 is 1.42 bits per heavy atom. The van der Waals surface area contributed by atoms with Gasteiger partial charge in [0.1, 0.15) is 17.2 Å². The van der Waals surface area contributed by atoms with Crippen molar-refractivity contribution < 1.29 is 4.74 Å². The predicted octanol–water partition coefficient (Wildman–Crippen LogP) is 1.77. The van der Waals surface area contributed by atoms with Gasteiger partial charge in [0.15, 0.2) is 0 Å². The van der Waals surface area contributed by atoms with Crippen molar-refractivity contribution in [2.75, 3.05) is 37.8 Å². The quantitative estimate of drug-likeness (QED) is 0.451. The molecule has 2 heterocycles. The Hall–Kier alpha value is -0.850. The van der Waals surface area contributed by atoms with Crippen molar-refractivity contribution in [3.8, 4) is 0 Å². The highest BCUT2D eigenvalue weighted by Crippen LogP contribution is 2.13. The van der Waals surface area contributed by atoms with Gasteiger partial charge in [-0.25, -0.2) is 9.97 Å². The van der Waals surface area contributed by atoms with Crippen LogP contribution in [0.3, 0.4) is 0 Å². The largest absolute Gasteiger partial charge is 0.378 e. The molecule has 0 spiro atoms. The van der Waals surface area contributed by atoms with E-state index in [4.69, 9.17) is 4.74 Å². The average molecular weight is 282 g/mol. The molecular formula is C13H22N4OS. The summed E-state index contributed by atoms with van der Waals surface area (Å²) in [6.07, 6.45) is 7.33. The number of nitrogens with one attached hydrogen (secondary N) is 2. The first kappa shape index (κ1) is 14.6. The minimum absolute atomic E-state index is 0.448. The highest BCUT2D eigenvalue weighted by molar-refractivity contribution is 7.98. The number of rotatable bonds is 7. The van der Waals surface area contributed by atoms with Crippen molar-refractivity contribution in [2.24, 2.45) is 0 Å². The maximum Gasteiger partial charge on any atom is 0.130 e. The second-order valence-electron chi connectivity index (χ2n) is 4.55. The summed E-state index contributed by atoms with van der Waals surface area (Å²) in [6.45, 7) is 3.87. The van der Waals surface area contributed by atoms with E-state index >= 15 is 0 Å². The fraction of sp³-hybridized carbons (Fsp3) is 0.692. The van der Waals surface area contributed by atoms with Gasteiger partial charge in [-0.05, 0) is 38.6 Å². The van der Waals surface area contributed by atoms with E-state index in [0.717, 1.165) is 56.3 Å². The summed E-state index contributed by atoms with van der Waals surface area (Å²) in [7, 11) is 0. The lowest BCUT2D eigenvalue weighted by Gasteiger charge is -2.22. The zero-order valence-electron chi connectivity index (χ0n) is 11.4. The summed E-state index contributed by atoms with van der Waals surface area (Å²) in [5.41, 5.74) is 0. The highest BCUT2D eigenvalue weighted by atomic mass is 32.2. The first-order chi connectivity index (χ1) is 9.38. The van der Waals surface area contributed by atoms with Gasteiger partial charge >= 0.3 is 0 Å². The molecule has 0 radical (unpaired) electrons. The van der Waals surface area contributed by atoms with E-state index in [1.165, 1.54) is 0 Å². The summed E-state index contributed by atoms with van der Waals surface area (Å²) in [4.78, 5) is 8.33. The second kappa shape index (κ2) is 8.35. The van der Waals surface area contributed by atoms with Gasteiger partial charge in [-0.1, -0.05) is 0 Å². The van der Waals surface area contributed by atoms with Crippen molar-refractivity contribution >= 4 is 17.6 Å². The van der Waals surface area contributed by atoms with Crippen LogP contribution in [0.1, 0.15) is 19.3 Å². The molecule has 2 rings (SSSR count). The lowest BCUT2D eigenvalue weighted by molar-refractivity contribution is 0.0329. The molecule has 2 N–H and O–H groups in total. The first-order valence-corrected chi connectivity index (χ1v) is 8.03. The fourth-order valence-corrected chi connectivity index (χ4v) is 2.43. The number of aromatic nitrogens is 2. The number of hydrogen-bond acceptors (Lipinski definition) is 6. The normalized spacial score (nSPS) is 16.5. The Balaban J connectivity index is 1.58. The van der Waals surface area contributed by atoms with E-state index in [1.807, 2.05) is 12.3 Å². The zero-order valence-corrected chi connectivity index (χ0v) is 12.2. The molecule has 0 atom stereocenters. The Bertz CT molecular complexity index is 371. The maximum atomic E-state index is 5.85. The second-order valence-corrected chi connectivity index (χ2v) is 5.37. The molecule has 0 saturated carbocycles. The van der Waals surface area contributed by atoms with Gasteiger partial charge in [0.05, 0.1) is 6.10 Å². The van der Waals surface area contributed by atoms with Crippen molar-refractivity contribution in [3.63, 3.8) is 0 Å². The van der Waals surface area contributed by atoms with Crippen LogP contribution in [0.25, 0.3) is 0 Å². The van der Waals surface area contributed by atoms with Gasteiger partial charge in [0.25, 0.3) is 0 Å². The number of nitrogens with zero attached hydrogens (tertiary/aromatic N) is 2. The first-order valence-electron chi connectivity index (χ1n) is 6.80. The molecule has 5 nitrogen and oxygen atoms in total. The van der Waals surface area contributed by atoms with Crippen LogP contribution in [0.4, 0.5) is 5.82 Å². The molecule has 1 fully saturated rings. The molecule has 106 valence electrons. The highest BCUT2D eigenvalue weighted by Gasteiger charge is 2.12. The smallest absolute Gasteiger partial charge is 0.130 e. The van der Waals surface area contributed by atoms with Gasteiger partial charge in [0, 0.05) is 19.2 Å². The van der Waals surface area contributed by atoms with E-state index in [9.17, 15) is 0 Å². The average Bonchev–Trinajstić information content (AvgIpc) is 2.48. The van der Waals surface area contributed by atoms with Crippen LogP contribution in [-0.4, -0.2) is 48.6 Å². The Labute approximate surface area is 118 Å². The number of thioether (sulfide) groups is 1. The molecular weight excluding hydrogens is 260 g/mol. The van der Waals surface area contributed by atoms with Crippen molar-refractivity contribution in [1.82, 2.24) is 15.3 Å². The van der Waals surface area contributed by atoms with Crippen LogP contribution in [0.15, 0.2) is 17.4 Å². The minimum Gasteiger partial charge on any atom is -0.378 e. The van der Waals surface area contributed by atoms with Crippen LogP contribution >= 0.6 is 11.8 Å². The Morgan fingerprint density at radius 2 is 2.26 bits per heavy atom. The molecule has 0 aromatic carbocycles. The van der Waals surface area contributed by atoms with Crippen LogP contribution in [0.5, 0.6) is 0 Å². The number of anilines is 1. The third-order valence-electron chi connectivity index (χ3n) is 3.12. The fourth-order valence-electron chi connectivity index (χ4n) is 2.05. The van der Waals surface area contributed by atoms with E-state index in [1.54, 1.807) is 18.1 Å². The minimum atomic E-state index is 0.448. The maximum absolute atomic E-state index is 5.85. The third-order valence-corrected chi connectivity index (χ3v) is 3.76. The van der Waals surface area contributed by atoms with Gasteiger partial charge < -0.3 is 15.4 Å². The predicted molar refractivity (Wildman–Crippen MR) is 78.8 cm³/mol. The standard InChI is InChI=1S/C13H22N4OS/c1-19-13-9-12(16-10-17-13)15-5-2-8-18-11-3-6-14-7-4-11/h9-11,14H,2-8H2,1H3,(H,15,16,17). The molecule has 1 aliphatic rings. The monoisotopic (exact) mass is 282 g/mol. The van der Waals surface area contributed by atoms with Gasteiger partial charge in [-0.3, -0.25) is 0 Å². The lowest BCUT2D eigenvalue weighted by Crippen LogP contribution is -2.32. The molecule has 19 heavy (non-hydrogen) atoms. The Kier molecular flexibility index (Phi) is 6.39. The molecule has 0 amide bonds. The van der Waals surface area contributed by atoms with E-state index < -0.39 is 0 Å². The van der Waals surface area contributed by atoms with Crippen LogP contribution in [-0.2, 0) is 4.74 Å². The third kappa shape index (κ3) is 5.34. The van der Waals surface area contributed by atoms with Crippen molar-refractivity contribution in [1.29, 1.82) is 0 Å². The van der Waals surface area contributed by atoms with Gasteiger partial charge in [-0.2, -0.15) is 0 Å².